The molecule has 0 saturated heterocycles. The highest BCUT2D eigenvalue weighted by Crippen LogP contribution is 2.14. The maximum atomic E-state index is 12.8. The number of hydrogen-bond donors (Lipinski definition) is 0. The monoisotopic (exact) mass is 913 g/mol. The van der Waals surface area contributed by atoms with Gasteiger partial charge in [-0.15, -0.1) is 0 Å². The molecule has 0 fully saturated rings. The van der Waals surface area contributed by atoms with Crippen LogP contribution in [0.25, 0.3) is 0 Å². The molecule has 66 heavy (non-hydrogen) atoms. The van der Waals surface area contributed by atoms with Crippen molar-refractivity contribution in [1.29, 1.82) is 0 Å². The molecule has 0 radical (unpaired) electrons. The third-order valence-corrected chi connectivity index (χ3v) is 10.8. The van der Waals surface area contributed by atoms with Gasteiger partial charge >= 0.3 is 17.9 Å². The molecular formula is C60H96O6. The summed E-state index contributed by atoms with van der Waals surface area (Å²) in [5.74, 6) is -0.967. The number of allylic oxidation sites excluding steroid dienone is 20. The van der Waals surface area contributed by atoms with Crippen LogP contribution in [0.5, 0.6) is 0 Å². The zero-order valence-electron chi connectivity index (χ0n) is 42.4. The molecule has 372 valence electrons. The van der Waals surface area contributed by atoms with Crippen LogP contribution in [0.2, 0.25) is 0 Å². The molecule has 6 heteroatoms. The minimum absolute atomic E-state index is 0.102. The second kappa shape index (κ2) is 53.4. The lowest BCUT2D eigenvalue weighted by atomic mass is 10.1. The smallest absolute Gasteiger partial charge is 0.306 e. The number of hydrogen-bond acceptors (Lipinski definition) is 6. The highest BCUT2D eigenvalue weighted by molar-refractivity contribution is 5.71. The van der Waals surface area contributed by atoms with E-state index in [-0.39, 0.29) is 31.1 Å². The first kappa shape index (κ1) is 61.8. The Morgan fingerprint density at radius 2 is 0.621 bits per heavy atom. The molecule has 0 heterocycles. The number of carbonyl (C=O) groups is 3. The summed E-state index contributed by atoms with van der Waals surface area (Å²) in [6.45, 7) is 6.22. The number of rotatable bonds is 46. The Bertz CT molecular complexity index is 1420. The van der Waals surface area contributed by atoms with Crippen LogP contribution >= 0.6 is 0 Å². The van der Waals surface area contributed by atoms with Crippen LogP contribution in [0.4, 0.5) is 0 Å². The molecule has 0 spiro atoms. The van der Waals surface area contributed by atoms with E-state index in [4.69, 9.17) is 14.2 Å². The Morgan fingerprint density at radius 1 is 0.318 bits per heavy atom. The molecule has 1 unspecified atom stereocenters. The van der Waals surface area contributed by atoms with Crippen molar-refractivity contribution in [2.24, 2.45) is 0 Å². The van der Waals surface area contributed by atoms with Crippen LogP contribution < -0.4 is 0 Å². The van der Waals surface area contributed by atoms with Gasteiger partial charge in [-0.2, -0.15) is 0 Å². The van der Waals surface area contributed by atoms with Gasteiger partial charge in [0.1, 0.15) is 13.2 Å². The number of ether oxygens (including phenoxy) is 3. The Labute approximate surface area is 405 Å². The fourth-order valence-corrected chi connectivity index (χ4v) is 6.89. The van der Waals surface area contributed by atoms with Gasteiger partial charge in [-0.05, 0) is 103 Å². The van der Waals surface area contributed by atoms with Gasteiger partial charge in [-0.3, -0.25) is 14.4 Å². The van der Waals surface area contributed by atoms with E-state index in [9.17, 15) is 14.4 Å². The quantitative estimate of drug-likeness (QED) is 0.0199. The minimum atomic E-state index is -0.807. The predicted molar refractivity (Wildman–Crippen MR) is 283 cm³/mol. The lowest BCUT2D eigenvalue weighted by Gasteiger charge is -2.18. The number of unbranched alkanes of at least 4 members (excludes halogenated alkanes) is 18. The van der Waals surface area contributed by atoms with E-state index in [0.29, 0.717) is 19.3 Å². The molecule has 1 atom stereocenters. The third kappa shape index (κ3) is 50.8. The molecule has 0 bridgehead atoms. The third-order valence-electron chi connectivity index (χ3n) is 10.8. The molecule has 0 aromatic rings. The second-order valence-corrected chi connectivity index (χ2v) is 17.1. The summed E-state index contributed by atoms with van der Waals surface area (Å²) in [6, 6.07) is 0. The summed E-state index contributed by atoms with van der Waals surface area (Å²) >= 11 is 0. The van der Waals surface area contributed by atoms with Gasteiger partial charge in [0.25, 0.3) is 0 Å². The van der Waals surface area contributed by atoms with E-state index >= 15 is 0 Å². The van der Waals surface area contributed by atoms with E-state index < -0.39 is 6.10 Å². The Kier molecular flexibility index (Phi) is 50.0. The molecule has 0 aliphatic carbocycles. The molecular weight excluding hydrogens is 817 g/mol. The molecule has 0 rings (SSSR count). The van der Waals surface area contributed by atoms with E-state index in [1.165, 1.54) is 51.4 Å². The average Bonchev–Trinajstić information content (AvgIpc) is 3.31. The number of esters is 3. The summed E-state index contributed by atoms with van der Waals surface area (Å²) in [4.78, 5) is 38.0. The van der Waals surface area contributed by atoms with Gasteiger partial charge in [0.2, 0.25) is 0 Å². The zero-order valence-corrected chi connectivity index (χ0v) is 42.4. The summed E-state index contributed by atoms with van der Waals surface area (Å²) < 4.78 is 16.8. The first-order chi connectivity index (χ1) is 32.5. The van der Waals surface area contributed by atoms with Crippen molar-refractivity contribution in [3.05, 3.63) is 122 Å². The second-order valence-electron chi connectivity index (χ2n) is 17.1. The molecule has 0 amide bonds. The molecule has 0 aliphatic heterocycles. The SMILES string of the molecule is CC/C=C/C=C/C=C/C=C/CCCCCC(=O)OCC(COC(=O)CCCCCCCCCCC/C=C/C/C=C/C/C=C/CC)OC(=O)CCCCCCCC/C=C/C/C=C/C/C=C/CC. The molecule has 0 aliphatic rings. The van der Waals surface area contributed by atoms with Crippen molar-refractivity contribution in [3.8, 4) is 0 Å². The highest BCUT2D eigenvalue weighted by atomic mass is 16.6. The van der Waals surface area contributed by atoms with Crippen LogP contribution in [0.15, 0.2) is 122 Å². The van der Waals surface area contributed by atoms with Crippen LogP contribution in [-0.2, 0) is 28.6 Å². The van der Waals surface area contributed by atoms with Crippen LogP contribution in [0.3, 0.4) is 0 Å². The lowest BCUT2D eigenvalue weighted by molar-refractivity contribution is -0.167. The molecule has 6 nitrogen and oxygen atoms in total. The van der Waals surface area contributed by atoms with Crippen molar-refractivity contribution in [1.82, 2.24) is 0 Å². The van der Waals surface area contributed by atoms with Gasteiger partial charge in [0.05, 0.1) is 0 Å². The fourth-order valence-electron chi connectivity index (χ4n) is 6.89. The van der Waals surface area contributed by atoms with Crippen LogP contribution in [0.1, 0.15) is 220 Å². The van der Waals surface area contributed by atoms with Gasteiger partial charge in [-0.25, -0.2) is 0 Å². The van der Waals surface area contributed by atoms with Gasteiger partial charge in [-0.1, -0.05) is 219 Å². The lowest BCUT2D eigenvalue weighted by Crippen LogP contribution is -2.30. The highest BCUT2D eigenvalue weighted by Gasteiger charge is 2.19. The summed E-state index contributed by atoms with van der Waals surface area (Å²) in [5.41, 5.74) is 0. The summed E-state index contributed by atoms with van der Waals surface area (Å²) in [6.07, 6.45) is 73.3. The average molecular weight is 913 g/mol. The largest absolute Gasteiger partial charge is 0.462 e. The van der Waals surface area contributed by atoms with Gasteiger partial charge in [0.15, 0.2) is 6.10 Å². The molecule has 0 aromatic heterocycles. The predicted octanol–water partition coefficient (Wildman–Crippen LogP) is 17.7. The van der Waals surface area contributed by atoms with E-state index in [1.807, 2.05) is 36.5 Å². The first-order valence-corrected chi connectivity index (χ1v) is 26.6. The molecule has 0 N–H and O–H groups in total. The maximum Gasteiger partial charge on any atom is 0.306 e. The van der Waals surface area contributed by atoms with Crippen molar-refractivity contribution in [2.75, 3.05) is 13.2 Å². The van der Waals surface area contributed by atoms with E-state index in [1.54, 1.807) is 0 Å². The Hall–Kier alpha value is -4.19. The Balaban J connectivity index is 4.46. The van der Waals surface area contributed by atoms with Gasteiger partial charge < -0.3 is 14.2 Å². The minimum Gasteiger partial charge on any atom is -0.462 e. The van der Waals surface area contributed by atoms with Gasteiger partial charge in [0, 0.05) is 19.3 Å². The standard InChI is InChI=1S/C60H96O6/c1-4-7-10-13-16-19-22-25-27-29-30-31-33-35-38-41-44-47-50-53-59(62)65-56-57(55-64-58(61)52-49-46-43-40-37-34-24-21-18-15-12-9-6-3)66-60(63)54-51-48-45-42-39-36-32-28-26-23-20-17-14-11-8-5-2/h7-12,15-21,24-28,34,37,57H,4-6,13-14,22-23,29-33,35-36,38-56H2,1-3H3/b10-7+,11-8+,12-9+,18-15+,19-16+,20-17+,24-21+,27-25+,28-26+,37-34+. The van der Waals surface area contributed by atoms with Crippen molar-refractivity contribution >= 4 is 17.9 Å². The first-order valence-electron chi connectivity index (χ1n) is 26.6. The van der Waals surface area contributed by atoms with E-state index in [2.05, 4.69) is 106 Å². The van der Waals surface area contributed by atoms with Crippen molar-refractivity contribution in [3.63, 3.8) is 0 Å². The normalized spacial score (nSPS) is 13.1. The molecule has 0 aromatic carbocycles. The summed E-state index contributed by atoms with van der Waals surface area (Å²) in [5, 5.41) is 0. The van der Waals surface area contributed by atoms with Crippen LogP contribution in [0, 0.1) is 0 Å². The number of carbonyl (C=O) groups excluding carboxylic acids is 3. The summed E-state index contributed by atoms with van der Waals surface area (Å²) in [7, 11) is 0. The zero-order chi connectivity index (χ0) is 47.9. The topological polar surface area (TPSA) is 78.9 Å². The van der Waals surface area contributed by atoms with Crippen molar-refractivity contribution in [2.45, 2.75) is 226 Å². The Morgan fingerprint density at radius 3 is 1.05 bits per heavy atom. The van der Waals surface area contributed by atoms with E-state index in [0.717, 1.165) is 128 Å². The van der Waals surface area contributed by atoms with Crippen molar-refractivity contribution < 1.29 is 28.6 Å². The molecule has 0 saturated carbocycles. The maximum absolute atomic E-state index is 12.8. The van der Waals surface area contributed by atoms with Crippen LogP contribution in [-0.4, -0.2) is 37.2 Å². The fraction of sp³-hybridized carbons (Fsp3) is 0.617.